The fraction of sp³-hybridized carbons (Fsp3) is 0.320. The molecule has 2 saturated heterocycles. The number of likely N-dealkylation sites (tertiary alicyclic amines) is 2. The second-order valence-electron chi connectivity index (χ2n) is 17.9. The van der Waals surface area contributed by atoms with Crippen molar-refractivity contribution in [1.29, 1.82) is 10.5 Å². The van der Waals surface area contributed by atoms with Gasteiger partial charge in [0.15, 0.2) is 0 Å². The second kappa shape index (κ2) is 18.6. The minimum absolute atomic E-state index is 0.0644. The Morgan fingerprint density at radius 1 is 0.594 bits per heavy atom. The summed E-state index contributed by atoms with van der Waals surface area (Å²) in [6.07, 6.45) is 2.58. The van der Waals surface area contributed by atoms with E-state index in [1.807, 2.05) is 77.9 Å². The van der Waals surface area contributed by atoms with E-state index >= 15 is 0 Å². The van der Waals surface area contributed by atoms with Crippen LogP contribution in [0.4, 0.5) is 29.7 Å². The molecule has 4 heterocycles. The maximum absolute atomic E-state index is 13.5. The molecule has 0 spiro atoms. The van der Waals surface area contributed by atoms with E-state index in [9.17, 15) is 28.9 Å². The van der Waals surface area contributed by atoms with Gasteiger partial charge in [0.05, 0.1) is 34.2 Å². The number of nitriles is 2. The van der Waals surface area contributed by atoms with Crippen molar-refractivity contribution >= 4 is 45.4 Å². The van der Waals surface area contributed by atoms with Crippen LogP contribution in [0.3, 0.4) is 0 Å². The Bertz CT molecular complexity index is 2550. The molecule has 4 atom stereocenters. The molecule has 8 rings (SSSR count). The summed E-state index contributed by atoms with van der Waals surface area (Å²) in [5, 5.41) is 27.6. The van der Waals surface area contributed by atoms with E-state index in [2.05, 4.69) is 32.7 Å². The highest BCUT2D eigenvalue weighted by Crippen LogP contribution is 2.35. The average molecular weight is 865 g/mol. The number of hydrogen-bond donors (Lipinski definition) is 2. The normalized spacial score (nSPS) is 18.4. The van der Waals surface area contributed by atoms with Gasteiger partial charge in [-0.05, 0) is 101 Å². The molecule has 2 aliphatic rings. The van der Waals surface area contributed by atoms with Crippen molar-refractivity contribution in [3.8, 4) is 12.1 Å². The number of ether oxygens (including phenoxy) is 2. The molecule has 0 saturated carbocycles. The lowest BCUT2D eigenvalue weighted by molar-refractivity contribution is 0.0281. The summed E-state index contributed by atoms with van der Waals surface area (Å²) in [7, 11) is 0. The van der Waals surface area contributed by atoms with Crippen molar-refractivity contribution in [2.45, 2.75) is 76.7 Å². The molecule has 2 N–H and O–H groups in total. The Balaban J connectivity index is 0.000000191. The number of para-hydroxylation sites is 2. The highest BCUT2D eigenvalue weighted by Gasteiger charge is 2.40. The number of aromatic nitrogens is 2. The number of amides is 2. The summed E-state index contributed by atoms with van der Waals surface area (Å²) in [6.45, 7) is 12.8. The number of pyridine rings is 2. The van der Waals surface area contributed by atoms with E-state index in [-0.39, 0.29) is 47.7 Å². The molecule has 2 aliphatic heterocycles. The highest BCUT2D eigenvalue weighted by molar-refractivity contribution is 5.95. The third-order valence-electron chi connectivity index (χ3n) is 11.0. The van der Waals surface area contributed by atoms with Crippen LogP contribution in [0.25, 0.3) is 21.8 Å². The number of rotatable bonds is 6. The van der Waals surface area contributed by atoms with Gasteiger partial charge in [-0.2, -0.15) is 10.5 Å². The summed E-state index contributed by atoms with van der Waals surface area (Å²) in [5.41, 5.74) is 4.60. The summed E-state index contributed by atoms with van der Waals surface area (Å²) in [4.78, 5) is 37.6. The Kier molecular flexibility index (Phi) is 13.0. The number of halogens is 2. The van der Waals surface area contributed by atoms with Crippen LogP contribution in [0.1, 0.15) is 75.6 Å². The molecule has 2 amide bonds. The summed E-state index contributed by atoms with van der Waals surface area (Å²) < 4.78 is 38.2. The van der Waals surface area contributed by atoms with E-state index in [1.165, 1.54) is 24.3 Å². The number of nitrogens with zero attached hydrogens (tertiary/aromatic N) is 6. The largest absolute Gasteiger partial charge is 0.444 e. The lowest BCUT2D eigenvalue weighted by Gasteiger charge is -2.24. The van der Waals surface area contributed by atoms with Crippen LogP contribution in [0.2, 0.25) is 0 Å². The predicted octanol–water partition coefficient (Wildman–Crippen LogP) is 10.1. The number of nitrogens with one attached hydrogen (secondary N) is 2. The van der Waals surface area contributed by atoms with Crippen molar-refractivity contribution in [3.63, 3.8) is 0 Å². The van der Waals surface area contributed by atoms with Gasteiger partial charge in [0.1, 0.15) is 35.0 Å². The molecule has 2 fully saturated rings. The van der Waals surface area contributed by atoms with Crippen molar-refractivity contribution in [2.75, 3.05) is 36.8 Å². The Labute approximate surface area is 371 Å². The predicted molar refractivity (Wildman–Crippen MR) is 242 cm³/mol. The highest BCUT2D eigenvalue weighted by atomic mass is 19.1. The molecule has 12 nitrogen and oxygen atoms in total. The molecule has 4 aromatic carbocycles. The number of benzene rings is 4. The van der Waals surface area contributed by atoms with E-state index in [0.29, 0.717) is 48.3 Å². The number of anilines is 2. The fourth-order valence-electron chi connectivity index (χ4n) is 8.13. The van der Waals surface area contributed by atoms with Crippen LogP contribution < -0.4 is 10.6 Å². The number of hydrogen-bond acceptors (Lipinski definition) is 10. The first-order valence-corrected chi connectivity index (χ1v) is 21.1. The Hall–Kier alpha value is -7.32. The zero-order valence-electron chi connectivity index (χ0n) is 36.6. The second-order valence-corrected chi connectivity index (χ2v) is 17.9. The van der Waals surface area contributed by atoms with Crippen LogP contribution in [-0.2, 0) is 9.47 Å². The van der Waals surface area contributed by atoms with Gasteiger partial charge < -0.3 is 29.9 Å². The first-order valence-electron chi connectivity index (χ1n) is 21.1. The molecular weight excluding hydrogens is 815 g/mol. The van der Waals surface area contributed by atoms with Crippen LogP contribution in [0.5, 0.6) is 0 Å². The van der Waals surface area contributed by atoms with Crippen molar-refractivity contribution in [3.05, 3.63) is 143 Å². The zero-order valence-corrected chi connectivity index (χ0v) is 36.6. The Morgan fingerprint density at radius 2 is 0.969 bits per heavy atom. The number of carbonyl (C=O) groups excluding carboxylic acids is 2. The zero-order chi connectivity index (χ0) is 45.8. The average Bonchev–Trinajstić information content (AvgIpc) is 3.88. The van der Waals surface area contributed by atoms with Gasteiger partial charge in [0, 0.05) is 72.6 Å². The molecule has 6 aromatic rings. The minimum Gasteiger partial charge on any atom is -0.444 e. The fourth-order valence-corrected chi connectivity index (χ4v) is 8.13. The molecule has 4 unspecified atom stereocenters. The Morgan fingerprint density at radius 3 is 1.31 bits per heavy atom. The lowest BCUT2D eigenvalue weighted by atomic mass is 9.94. The monoisotopic (exact) mass is 864 g/mol. The molecule has 2 aromatic heterocycles. The van der Waals surface area contributed by atoms with E-state index in [1.54, 1.807) is 58.6 Å². The molecule has 64 heavy (non-hydrogen) atoms. The van der Waals surface area contributed by atoms with Crippen molar-refractivity contribution < 1.29 is 27.8 Å². The minimum atomic E-state index is -0.594. The smallest absolute Gasteiger partial charge is 0.410 e. The lowest BCUT2D eigenvalue weighted by Crippen LogP contribution is -2.36. The van der Waals surface area contributed by atoms with Crippen molar-refractivity contribution in [2.24, 2.45) is 0 Å². The third-order valence-corrected chi connectivity index (χ3v) is 11.0. The SMILES string of the molecule is CC(C)(C)OC(=O)N1CC(Nc2ccnc3c(C#N)cccc23)C(c2ccc(F)cc2)C1.CC(C)(C)OC(=O)N1CC(Nc2ccnc3c(C#N)cccc23)C(c2ccc(F)cc2)C1. The number of fused-ring (bicyclic) bond motifs is 2. The van der Waals surface area contributed by atoms with Gasteiger partial charge in [-0.1, -0.05) is 48.5 Å². The first kappa shape index (κ1) is 44.7. The van der Waals surface area contributed by atoms with Crippen LogP contribution in [0, 0.1) is 34.3 Å². The van der Waals surface area contributed by atoms with Crippen molar-refractivity contribution in [1.82, 2.24) is 19.8 Å². The van der Waals surface area contributed by atoms with Crippen LogP contribution >= 0.6 is 0 Å². The molecule has 0 radical (unpaired) electrons. The first-order chi connectivity index (χ1) is 30.5. The van der Waals surface area contributed by atoms with Gasteiger partial charge in [-0.3, -0.25) is 9.97 Å². The quantitative estimate of drug-likeness (QED) is 0.165. The van der Waals surface area contributed by atoms with E-state index in [0.717, 1.165) is 33.3 Å². The summed E-state index contributed by atoms with van der Waals surface area (Å²) >= 11 is 0. The topological polar surface area (TPSA) is 156 Å². The van der Waals surface area contributed by atoms with Crippen LogP contribution in [0.15, 0.2) is 109 Å². The molecule has 0 bridgehead atoms. The molecular formula is C50H50F2N8O4. The summed E-state index contributed by atoms with van der Waals surface area (Å²) in [5.74, 6) is -0.732. The third kappa shape index (κ3) is 10.5. The molecule has 0 aliphatic carbocycles. The number of carbonyl (C=O) groups is 2. The van der Waals surface area contributed by atoms with Gasteiger partial charge in [-0.25, -0.2) is 18.4 Å². The van der Waals surface area contributed by atoms with Crippen LogP contribution in [-0.4, -0.2) is 81.4 Å². The summed E-state index contributed by atoms with van der Waals surface area (Å²) in [6, 6.07) is 31.5. The van der Waals surface area contributed by atoms with Gasteiger partial charge in [0.2, 0.25) is 0 Å². The maximum Gasteiger partial charge on any atom is 0.410 e. The van der Waals surface area contributed by atoms with Gasteiger partial charge >= 0.3 is 12.2 Å². The van der Waals surface area contributed by atoms with E-state index in [4.69, 9.17) is 9.47 Å². The standard InChI is InChI=1S/2C25H25FN4O2/c2*1-25(2,3)32-24(31)30-14-20(16-7-9-18(26)10-8-16)22(15-30)29-21-11-12-28-23-17(13-27)5-4-6-19(21)23/h2*4-12,20,22H,14-15H2,1-3H3,(H,28,29). The molecule has 14 heteroatoms. The van der Waals surface area contributed by atoms with Gasteiger partial charge in [-0.15, -0.1) is 0 Å². The van der Waals surface area contributed by atoms with Gasteiger partial charge in [0.25, 0.3) is 0 Å². The molecule has 328 valence electrons. The maximum atomic E-state index is 13.5. The van der Waals surface area contributed by atoms with E-state index < -0.39 is 11.2 Å².